The van der Waals surface area contributed by atoms with E-state index in [9.17, 15) is 9.90 Å². The monoisotopic (exact) mass is 356 g/mol. The van der Waals surface area contributed by atoms with Crippen LogP contribution in [-0.4, -0.2) is 38.1 Å². The maximum absolute atomic E-state index is 12.5. The Bertz CT molecular complexity index is 817. The summed E-state index contributed by atoms with van der Waals surface area (Å²) >= 11 is 0. The molecule has 2 aromatic rings. The number of aliphatic hydroxyl groups excluding tert-OH is 1. The molecule has 0 unspecified atom stereocenters. The summed E-state index contributed by atoms with van der Waals surface area (Å²) in [6.07, 6.45) is 15.6. The number of Topliss-reactive ketones (excluding diaryl/α,β-unsaturated/α-hetero) is 1. The first kappa shape index (κ1) is 21.2. The van der Waals surface area contributed by atoms with E-state index >= 15 is 0 Å². The maximum Gasteiger partial charge on any atom is 0.167 e. The van der Waals surface area contributed by atoms with E-state index in [4.69, 9.17) is 16.9 Å². The number of nitrogen functional groups attached to an aromatic ring is 1. The Kier molecular flexibility index (Phi) is 7.79. The quantitative estimate of drug-likeness (QED) is 0.581. The van der Waals surface area contributed by atoms with Gasteiger partial charge in [0.2, 0.25) is 0 Å². The molecule has 2 aromatic heterocycles. The van der Waals surface area contributed by atoms with E-state index < -0.39 is 12.3 Å². The molecule has 0 aliphatic heterocycles. The standard InChI is InChI=1S/C17H22N4O3.C2H2/c1-5-6-12(8-22)24-11(4)21-7-13(15(23)10(2)3)14-16(18)19-9-20-17(14)21;1-2/h1,7,9-12,22H,6,8H2,2-4H3,(H2,18,19,20);1-2H/t11-,12+;/m1./s1. The number of hydrogen-bond donors (Lipinski definition) is 2. The lowest BCUT2D eigenvalue weighted by Crippen LogP contribution is -2.22. The Balaban J connectivity index is 0.00000163. The molecule has 0 fully saturated rings. The summed E-state index contributed by atoms with van der Waals surface area (Å²) in [6.45, 7) is 5.24. The number of anilines is 1. The topological polar surface area (TPSA) is 103 Å². The van der Waals surface area contributed by atoms with Crippen molar-refractivity contribution < 1.29 is 14.6 Å². The molecule has 2 rings (SSSR count). The van der Waals surface area contributed by atoms with Crippen molar-refractivity contribution in [1.82, 2.24) is 14.5 Å². The van der Waals surface area contributed by atoms with Crippen LogP contribution in [0.1, 0.15) is 43.8 Å². The number of fused-ring (bicyclic) bond motifs is 1. The lowest BCUT2D eigenvalue weighted by molar-refractivity contribution is -0.0605. The van der Waals surface area contributed by atoms with Gasteiger partial charge in [-0.2, -0.15) is 0 Å². The number of ketones is 1. The van der Waals surface area contributed by atoms with Crippen LogP contribution in [0.2, 0.25) is 0 Å². The normalized spacial score (nSPS) is 12.8. The minimum atomic E-state index is -0.495. The van der Waals surface area contributed by atoms with Crippen molar-refractivity contribution in [2.75, 3.05) is 12.3 Å². The van der Waals surface area contributed by atoms with E-state index in [-0.39, 0.29) is 30.5 Å². The second-order valence-corrected chi connectivity index (χ2v) is 5.87. The first-order valence-corrected chi connectivity index (χ1v) is 8.09. The molecule has 0 spiro atoms. The van der Waals surface area contributed by atoms with Gasteiger partial charge in [-0.1, -0.05) is 13.8 Å². The fourth-order valence-corrected chi connectivity index (χ4v) is 2.51. The van der Waals surface area contributed by atoms with Crippen LogP contribution in [0.15, 0.2) is 12.5 Å². The number of ether oxygens (including phenoxy) is 1. The van der Waals surface area contributed by atoms with Crippen molar-refractivity contribution in [3.05, 3.63) is 18.1 Å². The number of carbonyl (C=O) groups is 1. The van der Waals surface area contributed by atoms with Crippen LogP contribution < -0.4 is 5.73 Å². The highest BCUT2D eigenvalue weighted by molar-refractivity contribution is 6.11. The predicted octanol–water partition coefficient (Wildman–Crippen LogP) is 2.02. The molecule has 2 atom stereocenters. The third-order valence-corrected chi connectivity index (χ3v) is 3.76. The van der Waals surface area contributed by atoms with Crippen molar-refractivity contribution in [3.8, 4) is 25.2 Å². The summed E-state index contributed by atoms with van der Waals surface area (Å²) in [5, 5.41) is 9.86. The molecule has 0 bridgehead atoms. The first-order valence-electron chi connectivity index (χ1n) is 8.09. The van der Waals surface area contributed by atoms with Gasteiger partial charge in [-0.25, -0.2) is 9.97 Å². The zero-order valence-corrected chi connectivity index (χ0v) is 15.2. The van der Waals surface area contributed by atoms with Crippen molar-refractivity contribution in [1.29, 1.82) is 0 Å². The highest BCUT2D eigenvalue weighted by Crippen LogP contribution is 2.29. The number of terminal acetylenes is 2. The van der Waals surface area contributed by atoms with Crippen LogP contribution in [0.3, 0.4) is 0 Å². The maximum atomic E-state index is 12.5. The van der Waals surface area contributed by atoms with E-state index in [1.54, 1.807) is 17.7 Å². The van der Waals surface area contributed by atoms with E-state index in [1.165, 1.54) is 6.33 Å². The molecule has 26 heavy (non-hydrogen) atoms. The van der Waals surface area contributed by atoms with Gasteiger partial charge in [0.15, 0.2) is 5.78 Å². The predicted molar refractivity (Wildman–Crippen MR) is 101 cm³/mol. The average molecular weight is 356 g/mol. The lowest BCUT2D eigenvalue weighted by Gasteiger charge is -2.21. The second-order valence-electron chi connectivity index (χ2n) is 5.87. The molecule has 2 heterocycles. The highest BCUT2D eigenvalue weighted by Gasteiger charge is 2.24. The van der Waals surface area contributed by atoms with E-state index in [1.807, 2.05) is 13.8 Å². The fourth-order valence-electron chi connectivity index (χ4n) is 2.51. The van der Waals surface area contributed by atoms with Crippen molar-refractivity contribution in [3.63, 3.8) is 0 Å². The minimum Gasteiger partial charge on any atom is -0.394 e. The summed E-state index contributed by atoms with van der Waals surface area (Å²) in [7, 11) is 0. The van der Waals surface area contributed by atoms with Gasteiger partial charge in [-0.15, -0.1) is 25.2 Å². The SMILES string of the molecule is C#C.C#CC[C@@H](CO)O[C@H](C)n1cc(C(=O)C(C)C)c2c(N)ncnc21. The van der Waals surface area contributed by atoms with Gasteiger partial charge in [0, 0.05) is 24.1 Å². The molecule has 7 heteroatoms. The number of hydrogen-bond acceptors (Lipinski definition) is 6. The molecule has 0 aliphatic rings. The van der Waals surface area contributed by atoms with Gasteiger partial charge in [0.25, 0.3) is 0 Å². The number of nitrogens with two attached hydrogens (primary N) is 1. The van der Waals surface area contributed by atoms with Crippen LogP contribution in [0.4, 0.5) is 5.82 Å². The molecule has 0 radical (unpaired) electrons. The first-order chi connectivity index (χ1) is 12.4. The van der Waals surface area contributed by atoms with Gasteiger partial charge in [0.1, 0.15) is 24.0 Å². The second kappa shape index (κ2) is 9.57. The third-order valence-electron chi connectivity index (χ3n) is 3.76. The van der Waals surface area contributed by atoms with Crippen LogP contribution in [0.25, 0.3) is 11.0 Å². The molecule has 7 nitrogen and oxygen atoms in total. The van der Waals surface area contributed by atoms with Crippen LogP contribution in [0.5, 0.6) is 0 Å². The van der Waals surface area contributed by atoms with Crippen LogP contribution in [-0.2, 0) is 4.74 Å². The zero-order chi connectivity index (χ0) is 19.9. The van der Waals surface area contributed by atoms with Gasteiger partial charge in [0.05, 0.1) is 18.1 Å². The number of aliphatic hydroxyl groups is 1. The number of nitrogens with zero attached hydrogens (tertiary/aromatic N) is 3. The molecule has 0 aliphatic carbocycles. The zero-order valence-electron chi connectivity index (χ0n) is 15.2. The lowest BCUT2D eigenvalue weighted by atomic mass is 10.0. The average Bonchev–Trinajstić information content (AvgIpc) is 3.03. The Morgan fingerprint density at radius 1 is 1.38 bits per heavy atom. The van der Waals surface area contributed by atoms with Crippen molar-refractivity contribution in [2.45, 2.75) is 39.5 Å². The fraction of sp³-hybridized carbons (Fsp3) is 0.421. The molecule has 3 N–H and O–H groups in total. The molecule has 138 valence electrons. The van der Waals surface area contributed by atoms with Crippen molar-refractivity contribution in [2.24, 2.45) is 5.92 Å². The summed E-state index contributed by atoms with van der Waals surface area (Å²) in [4.78, 5) is 20.7. The van der Waals surface area contributed by atoms with Gasteiger partial charge < -0.3 is 20.1 Å². The van der Waals surface area contributed by atoms with Crippen LogP contribution in [0, 0.1) is 31.1 Å². The molecule has 0 amide bonds. The molecular weight excluding hydrogens is 332 g/mol. The summed E-state index contributed by atoms with van der Waals surface area (Å²) in [5.41, 5.74) is 6.93. The van der Waals surface area contributed by atoms with Gasteiger partial charge in [-0.3, -0.25) is 4.79 Å². The highest BCUT2D eigenvalue weighted by atomic mass is 16.5. The molecule has 0 saturated heterocycles. The summed E-state index contributed by atoms with van der Waals surface area (Å²) < 4.78 is 7.50. The Hall–Kier alpha value is -2.87. The molecule has 0 saturated carbocycles. The number of rotatable bonds is 7. The summed E-state index contributed by atoms with van der Waals surface area (Å²) in [6, 6.07) is 0. The number of aromatic nitrogens is 3. The third kappa shape index (κ3) is 4.40. The van der Waals surface area contributed by atoms with Crippen molar-refractivity contribution >= 4 is 22.6 Å². The smallest absolute Gasteiger partial charge is 0.167 e. The van der Waals surface area contributed by atoms with Gasteiger partial charge >= 0.3 is 0 Å². The Labute approximate surface area is 153 Å². The van der Waals surface area contributed by atoms with Crippen LogP contribution >= 0.6 is 0 Å². The van der Waals surface area contributed by atoms with E-state index in [0.717, 1.165) is 0 Å². The summed E-state index contributed by atoms with van der Waals surface area (Å²) in [5.74, 6) is 2.48. The minimum absolute atomic E-state index is 0.0465. The molecular formula is C19H24N4O3. The molecule has 0 aromatic carbocycles. The van der Waals surface area contributed by atoms with E-state index in [0.29, 0.717) is 16.6 Å². The Morgan fingerprint density at radius 2 is 2.04 bits per heavy atom. The van der Waals surface area contributed by atoms with Gasteiger partial charge in [-0.05, 0) is 6.92 Å². The largest absolute Gasteiger partial charge is 0.394 e. The van der Waals surface area contributed by atoms with E-state index in [2.05, 4.69) is 28.7 Å². The number of carbonyl (C=O) groups excluding carboxylic acids is 1. The Morgan fingerprint density at radius 3 is 2.58 bits per heavy atom.